The molecule has 0 fully saturated rings. The Bertz CT molecular complexity index is 361. The van der Waals surface area contributed by atoms with Gasteiger partial charge in [-0.05, 0) is 60.4 Å². The molecule has 0 aliphatic carbocycles. The summed E-state index contributed by atoms with van der Waals surface area (Å²) < 4.78 is 6.15. The summed E-state index contributed by atoms with van der Waals surface area (Å²) in [5.41, 5.74) is 0.585. The van der Waals surface area contributed by atoms with E-state index in [9.17, 15) is 5.11 Å². The molecule has 0 saturated carbocycles. The van der Waals surface area contributed by atoms with Crippen LogP contribution in [0.3, 0.4) is 0 Å². The third-order valence-corrected chi connectivity index (χ3v) is 2.98. The molecule has 0 aliphatic heterocycles. The van der Waals surface area contributed by atoms with Gasteiger partial charge in [0.05, 0.1) is 17.2 Å². The molecule has 3 nitrogen and oxygen atoms in total. The van der Waals surface area contributed by atoms with Crippen molar-refractivity contribution in [2.45, 2.75) is 25.9 Å². The minimum absolute atomic E-state index is 0.602. The second-order valence-corrected chi connectivity index (χ2v) is 5.56. The maximum Gasteiger partial charge on any atom is 0.133 e. The number of hydrogen-bond donors (Lipinski definition) is 2. The molecular formula is C13H20BrNO2. The molecule has 1 rings (SSSR count). The first-order valence-corrected chi connectivity index (χ1v) is 6.47. The number of ether oxygens (including phenoxy) is 1. The monoisotopic (exact) mass is 301 g/mol. The second kappa shape index (κ2) is 6.38. The highest BCUT2D eigenvalue weighted by molar-refractivity contribution is 9.10. The first kappa shape index (κ1) is 14.5. The number of benzene rings is 1. The average molecular weight is 302 g/mol. The molecule has 17 heavy (non-hydrogen) atoms. The van der Waals surface area contributed by atoms with Crippen LogP contribution in [0.15, 0.2) is 22.7 Å². The van der Waals surface area contributed by atoms with Gasteiger partial charge in [0.15, 0.2) is 0 Å². The average Bonchev–Trinajstić information content (AvgIpc) is 2.23. The van der Waals surface area contributed by atoms with Crippen LogP contribution < -0.4 is 10.1 Å². The number of halogens is 1. The van der Waals surface area contributed by atoms with Gasteiger partial charge in [0.2, 0.25) is 0 Å². The summed E-state index contributed by atoms with van der Waals surface area (Å²) >= 11 is 3.46. The molecule has 0 amide bonds. The van der Waals surface area contributed by atoms with E-state index in [-0.39, 0.29) is 0 Å². The van der Waals surface area contributed by atoms with Crippen molar-refractivity contribution in [1.29, 1.82) is 0 Å². The van der Waals surface area contributed by atoms with Crippen molar-refractivity contribution < 1.29 is 9.84 Å². The van der Waals surface area contributed by atoms with Crippen molar-refractivity contribution in [3.63, 3.8) is 0 Å². The number of methoxy groups -OCH3 is 1. The predicted octanol–water partition coefficient (Wildman–Crippen LogP) is 2.36. The summed E-state index contributed by atoms with van der Waals surface area (Å²) in [6, 6.07) is 6.06. The first-order valence-electron chi connectivity index (χ1n) is 5.68. The van der Waals surface area contributed by atoms with Crippen LogP contribution in [0.25, 0.3) is 0 Å². The Morgan fingerprint density at radius 1 is 1.41 bits per heavy atom. The van der Waals surface area contributed by atoms with Crippen molar-refractivity contribution in [2.75, 3.05) is 20.2 Å². The molecule has 0 heterocycles. The number of rotatable bonds is 6. The van der Waals surface area contributed by atoms with Gasteiger partial charge in [0.1, 0.15) is 5.75 Å². The summed E-state index contributed by atoms with van der Waals surface area (Å²) in [6.45, 7) is 5.04. The molecule has 0 bridgehead atoms. The van der Waals surface area contributed by atoms with Gasteiger partial charge in [-0.3, -0.25) is 0 Å². The van der Waals surface area contributed by atoms with Crippen LogP contribution in [0.1, 0.15) is 19.4 Å². The number of nitrogens with one attached hydrogen (secondary N) is 1. The number of aliphatic hydroxyl groups is 1. The van der Waals surface area contributed by atoms with Crippen LogP contribution in [0.4, 0.5) is 0 Å². The van der Waals surface area contributed by atoms with Gasteiger partial charge in [-0.1, -0.05) is 6.07 Å². The molecule has 0 aliphatic rings. The Hall–Kier alpha value is -0.580. The largest absolute Gasteiger partial charge is 0.496 e. The Morgan fingerprint density at radius 3 is 2.65 bits per heavy atom. The Kier molecular flexibility index (Phi) is 5.43. The Morgan fingerprint density at radius 2 is 2.12 bits per heavy atom. The van der Waals surface area contributed by atoms with Gasteiger partial charge >= 0.3 is 0 Å². The topological polar surface area (TPSA) is 41.5 Å². The van der Waals surface area contributed by atoms with Crippen LogP contribution >= 0.6 is 15.9 Å². The maximum atomic E-state index is 9.54. The molecule has 1 aromatic rings. The third-order valence-electron chi connectivity index (χ3n) is 2.36. The fourth-order valence-electron chi connectivity index (χ4n) is 1.49. The molecule has 0 saturated heterocycles. The SMILES string of the molecule is COc1ccc(CCNCC(C)(C)O)cc1Br. The van der Waals surface area contributed by atoms with Gasteiger partial charge in [-0.15, -0.1) is 0 Å². The lowest BCUT2D eigenvalue weighted by molar-refractivity contribution is 0.0801. The summed E-state index contributed by atoms with van der Waals surface area (Å²) in [5.74, 6) is 0.846. The van der Waals surface area contributed by atoms with Crippen molar-refractivity contribution in [1.82, 2.24) is 5.32 Å². The van der Waals surface area contributed by atoms with E-state index in [1.807, 2.05) is 6.07 Å². The van der Waals surface area contributed by atoms with E-state index < -0.39 is 5.60 Å². The van der Waals surface area contributed by atoms with Crippen LogP contribution in [-0.4, -0.2) is 30.9 Å². The van der Waals surface area contributed by atoms with Crippen molar-refractivity contribution in [2.24, 2.45) is 0 Å². The fourth-order valence-corrected chi connectivity index (χ4v) is 2.08. The normalized spacial score (nSPS) is 11.6. The van der Waals surface area contributed by atoms with Gasteiger partial charge in [-0.25, -0.2) is 0 Å². The first-order chi connectivity index (χ1) is 7.92. The van der Waals surface area contributed by atoms with Gasteiger partial charge in [0.25, 0.3) is 0 Å². The third kappa shape index (κ3) is 5.52. The lowest BCUT2D eigenvalue weighted by Crippen LogP contribution is -2.35. The van der Waals surface area contributed by atoms with Crippen molar-refractivity contribution >= 4 is 15.9 Å². The molecule has 0 atom stereocenters. The summed E-state index contributed by atoms with van der Waals surface area (Å²) in [5, 5.41) is 12.8. The van der Waals surface area contributed by atoms with E-state index in [1.165, 1.54) is 5.56 Å². The highest BCUT2D eigenvalue weighted by Crippen LogP contribution is 2.25. The van der Waals surface area contributed by atoms with E-state index >= 15 is 0 Å². The highest BCUT2D eigenvalue weighted by atomic mass is 79.9. The van der Waals surface area contributed by atoms with Crippen molar-refractivity contribution in [3.8, 4) is 5.75 Å². The summed E-state index contributed by atoms with van der Waals surface area (Å²) in [6.07, 6.45) is 0.929. The quantitative estimate of drug-likeness (QED) is 0.793. The molecule has 96 valence electrons. The lowest BCUT2D eigenvalue weighted by Gasteiger charge is -2.17. The summed E-state index contributed by atoms with van der Waals surface area (Å²) in [7, 11) is 1.66. The minimum atomic E-state index is -0.652. The molecule has 4 heteroatoms. The van der Waals surface area contributed by atoms with E-state index in [4.69, 9.17) is 4.74 Å². The molecular weight excluding hydrogens is 282 g/mol. The minimum Gasteiger partial charge on any atom is -0.496 e. The molecule has 2 N–H and O–H groups in total. The lowest BCUT2D eigenvalue weighted by atomic mass is 10.1. The van der Waals surface area contributed by atoms with Gasteiger partial charge in [0, 0.05) is 6.54 Å². The van der Waals surface area contributed by atoms with Crippen LogP contribution in [0.2, 0.25) is 0 Å². The van der Waals surface area contributed by atoms with Gasteiger partial charge < -0.3 is 15.2 Å². The number of hydrogen-bond acceptors (Lipinski definition) is 3. The smallest absolute Gasteiger partial charge is 0.133 e. The predicted molar refractivity (Wildman–Crippen MR) is 73.6 cm³/mol. The van der Waals surface area contributed by atoms with E-state index in [1.54, 1.807) is 21.0 Å². The van der Waals surface area contributed by atoms with E-state index in [0.29, 0.717) is 6.54 Å². The van der Waals surface area contributed by atoms with E-state index in [2.05, 4.69) is 33.4 Å². The van der Waals surface area contributed by atoms with E-state index in [0.717, 1.165) is 23.2 Å². The summed E-state index contributed by atoms with van der Waals surface area (Å²) in [4.78, 5) is 0. The van der Waals surface area contributed by atoms with Gasteiger partial charge in [-0.2, -0.15) is 0 Å². The van der Waals surface area contributed by atoms with Crippen LogP contribution in [0, 0.1) is 0 Å². The highest BCUT2D eigenvalue weighted by Gasteiger charge is 2.10. The Balaban J connectivity index is 2.40. The molecule has 1 aromatic carbocycles. The molecule has 0 aromatic heterocycles. The fraction of sp³-hybridized carbons (Fsp3) is 0.538. The molecule has 0 spiro atoms. The molecule has 0 radical (unpaired) electrons. The standard InChI is InChI=1S/C13H20BrNO2/c1-13(2,16)9-15-7-6-10-4-5-12(17-3)11(14)8-10/h4-5,8,15-16H,6-7,9H2,1-3H3. The van der Waals surface area contributed by atoms with Crippen molar-refractivity contribution in [3.05, 3.63) is 28.2 Å². The van der Waals surface area contributed by atoms with Crippen LogP contribution in [0.5, 0.6) is 5.75 Å². The Labute approximate surface area is 111 Å². The zero-order valence-corrected chi connectivity index (χ0v) is 12.2. The van der Waals surface area contributed by atoms with Crippen LogP contribution in [-0.2, 0) is 6.42 Å². The zero-order chi connectivity index (χ0) is 12.9. The maximum absolute atomic E-state index is 9.54. The zero-order valence-electron chi connectivity index (χ0n) is 10.6. The second-order valence-electron chi connectivity index (χ2n) is 4.71. The molecule has 0 unspecified atom stereocenters.